The number of fused-ring (bicyclic) bond motifs is 3. The summed E-state index contributed by atoms with van der Waals surface area (Å²) in [5, 5.41) is 15.0. The van der Waals surface area contributed by atoms with Gasteiger partial charge in [-0.3, -0.25) is 9.59 Å². The topological polar surface area (TPSA) is 105 Å². The maximum atomic E-state index is 12.8. The molecule has 2 aromatic carbocycles. The molecular formula is C28H34N2O5. The number of carbonyl (C=O) groups is 3. The van der Waals surface area contributed by atoms with Gasteiger partial charge in [0.25, 0.3) is 0 Å². The lowest BCUT2D eigenvalue weighted by molar-refractivity contribution is -0.142. The van der Waals surface area contributed by atoms with Crippen molar-refractivity contribution in [3.8, 4) is 11.1 Å². The maximum absolute atomic E-state index is 12.8. The fraction of sp³-hybridized carbons (Fsp3) is 0.464. The molecular weight excluding hydrogens is 444 g/mol. The van der Waals surface area contributed by atoms with E-state index < -0.39 is 17.5 Å². The summed E-state index contributed by atoms with van der Waals surface area (Å²) >= 11 is 0. The van der Waals surface area contributed by atoms with E-state index in [0.29, 0.717) is 38.6 Å². The van der Waals surface area contributed by atoms with Gasteiger partial charge >= 0.3 is 12.1 Å². The Bertz CT molecular complexity index is 1040. The molecule has 1 saturated carbocycles. The molecule has 0 unspecified atom stereocenters. The maximum Gasteiger partial charge on any atom is 0.407 e. The Hall–Kier alpha value is -3.35. The van der Waals surface area contributed by atoms with E-state index in [4.69, 9.17) is 9.84 Å². The number of benzene rings is 2. The Balaban J connectivity index is 1.22. The second-order valence-electron chi connectivity index (χ2n) is 10.2. The smallest absolute Gasteiger partial charge is 0.407 e. The van der Waals surface area contributed by atoms with E-state index in [2.05, 4.69) is 34.9 Å². The standard InChI is InChI=1S/C28H34N2O5/c1-28(2,26(33)30-19-13-11-18(12-14-19)25(31)32)15-16-29-27(34)35-17-24-22-9-5-3-7-20(22)21-8-4-6-10-23(21)24/h3-10,18-19,24H,11-17H2,1-2H3,(H,29,34)(H,30,33)(H,31,32). The number of carbonyl (C=O) groups excluding carboxylic acids is 2. The van der Waals surface area contributed by atoms with Crippen molar-refractivity contribution in [2.24, 2.45) is 11.3 Å². The average molecular weight is 479 g/mol. The summed E-state index contributed by atoms with van der Waals surface area (Å²) in [7, 11) is 0. The van der Waals surface area contributed by atoms with Gasteiger partial charge in [-0.25, -0.2) is 4.79 Å². The molecule has 0 radical (unpaired) electrons. The summed E-state index contributed by atoms with van der Waals surface area (Å²) in [5.74, 6) is -1.14. The molecule has 0 bridgehead atoms. The molecule has 7 nitrogen and oxygen atoms in total. The van der Waals surface area contributed by atoms with E-state index >= 15 is 0 Å². The van der Waals surface area contributed by atoms with Gasteiger partial charge in [0, 0.05) is 23.9 Å². The van der Waals surface area contributed by atoms with Crippen molar-refractivity contribution in [2.75, 3.05) is 13.2 Å². The van der Waals surface area contributed by atoms with Gasteiger partial charge in [0.2, 0.25) is 5.91 Å². The normalized spacial score (nSPS) is 19.4. The second-order valence-corrected chi connectivity index (χ2v) is 10.2. The van der Waals surface area contributed by atoms with Crippen LogP contribution in [0.4, 0.5) is 4.79 Å². The largest absolute Gasteiger partial charge is 0.481 e. The lowest BCUT2D eigenvalue weighted by atomic mass is 9.84. The number of carboxylic acid groups (broad SMARTS) is 1. The predicted octanol–water partition coefficient (Wildman–Crippen LogP) is 4.70. The third-order valence-electron chi connectivity index (χ3n) is 7.39. The highest BCUT2D eigenvalue weighted by Crippen LogP contribution is 2.44. The molecule has 0 aliphatic heterocycles. The number of alkyl carbamates (subject to hydrolysis) is 1. The van der Waals surface area contributed by atoms with Crippen LogP contribution in [0.3, 0.4) is 0 Å². The van der Waals surface area contributed by atoms with E-state index in [1.54, 1.807) is 0 Å². The first-order valence-electron chi connectivity index (χ1n) is 12.4. The summed E-state index contributed by atoms with van der Waals surface area (Å²) in [6, 6.07) is 16.4. The molecule has 2 aromatic rings. The van der Waals surface area contributed by atoms with Gasteiger partial charge in [0.1, 0.15) is 6.61 Å². The van der Waals surface area contributed by atoms with E-state index in [0.717, 1.165) is 11.1 Å². The van der Waals surface area contributed by atoms with Crippen LogP contribution in [0.2, 0.25) is 0 Å². The minimum atomic E-state index is -0.755. The first-order chi connectivity index (χ1) is 16.8. The Morgan fingerprint density at radius 2 is 1.51 bits per heavy atom. The van der Waals surface area contributed by atoms with Crippen molar-refractivity contribution in [2.45, 2.75) is 57.9 Å². The molecule has 186 valence electrons. The zero-order valence-corrected chi connectivity index (χ0v) is 20.4. The molecule has 0 saturated heterocycles. The fourth-order valence-corrected chi connectivity index (χ4v) is 5.11. The molecule has 0 spiro atoms. The highest BCUT2D eigenvalue weighted by atomic mass is 16.5. The van der Waals surface area contributed by atoms with Gasteiger partial charge in [-0.1, -0.05) is 62.4 Å². The third-order valence-corrected chi connectivity index (χ3v) is 7.39. The molecule has 4 rings (SSSR count). The van der Waals surface area contributed by atoms with Crippen molar-refractivity contribution in [1.29, 1.82) is 0 Å². The van der Waals surface area contributed by atoms with Crippen molar-refractivity contribution in [1.82, 2.24) is 10.6 Å². The van der Waals surface area contributed by atoms with Crippen LogP contribution in [0.5, 0.6) is 0 Å². The number of hydrogen-bond donors (Lipinski definition) is 3. The van der Waals surface area contributed by atoms with E-state index in [-0.39, 0.29) is 30.4 Å². The van der Waals surface area contributed by atoms with Crippen LogP contribution in [0, 0.1) is 11.3 Å². The SMILES string of the molecule is CC(C)(CCNC(=O)OCC1c2ccccc2-c2ccccc21)C(=O)NC1CCC(C(=O)O)CC1. The fourth-order valence-electron chi connectivity index (χ4n) is 5.11. The quantitative estimate of drug-likeness (QED) is 0.510. The number of amides is 2. The lowest BCUT2D eigenvalue weighted by Crippen LogP contribution is -2.45. The van der Waals surface area contributed by atoms with Crippen LogP contribution < -0.4 is 10.6 Å². The Labute approximate surface area is 206 Å². The molecule has 2 amide bonds. The Morgan fingerprint density at radius 3 is 2.09 bits per heavy atom. The number of ether oxygens (including phenoxy) is 1. The van der Waals surface area contributed by atoms with E-state index in [1.165, 1.54) is 11.1 Å². The predicted molar refractivity (Wildman–Crippen MR) is 133 cm³/mol. The zero-order valence-electron chi connectivity index (χ0n) is 20.4. The summed E-state index contributed by atoms with van der Waals surface area (Å²) in [6.45, 7) is 4.28. The number of nitrogens with one attached hydrogen (secondary N) is 2. The van der Waals surface area contributed by atoms with Crippen LogP contribution in [0.1, 0.15) is 63.0 Å². The van der Waals surface area contributed by atoms with Crippen LogP contribution in [-0.4, -0.2) is 42.3 Å². The Kier molecular flexibility index (Phi) is 7.43. The van der Waals surface area contributed by atoms with Gasteiger partial charge in [-0.15, -0.1) is 0 Å². The van der Waals surface area contributed by atoms with Gasteiger partial charge in [0.05, 0.1) is 5.92 Å². The van der Waals surface area contributed by atoms with Crippen molar-refractivity contribution in [3.05, 3.63) is 59.7 Å². The highest BCUT2D eigenvalue weighted by Gasteiger charge is 2.32. The van der Waals surface area contributed by atoms with Crippen LogP contribution >= 0.6 is 0 Å². The van der Waals surface area contributed by atoms with Crippen molar-refractivity contribution < 1.29 is 24.2 Å². The minimum Gasteiger partial charge on any atom is -0.481 e. The number of hydrogen-bond acceptors (Lipinski definition) is 4. The van der Waals surface area contributed by atoms with E-state index in [9.17, 15) is 14.4 Å². The third kappa shape index (κ3) is 5.66. The number of rotatable bonds is 8. The molecule has 3 N–H and O–H groups in total. The summed E-state index contributed by atoms with van der Waals surface area (Å²) < 4.78 is 5.57. The first-order valence-corrected chi connectivity index (χ1v) is 12.4. The Morgan fingerprint density at radius 1 is 0.943 bits per heavy atom. The molecule has 2 aliphatic rings. The number of aliphatic carboxylic acids is 1. The van der Waals surface area contributed by atoms with Gasteiger partial charge in [-0.2, -0.15) is 0 Å². The van der Waals surface area contributed by atoms with E-state index in [1.807, 2.05) is 38.1 Å². The van der Waals surface area contributed by atoms with Crippen molar-refractivity contribution >= 4 is 18.0 Å². The molecule has 35 heavy (non-hydrogen) atoms. The molecule has 0 heterocycles. The summed E-state index contributed by atoms with van der Waals surface area (Å²) in [4.78, 5) is 36.3. The average Bonchev–Trinajstić information content (AvgIpc) is 3.16. The summed E-state index contributed by atoms with van der Waals surface area (Å²) in [5.41, 5.74) is 4.02. The molecule has 2 aliphatic carbocycles. The van der Waals surface area contributed by atoms with Gasteiger partial charge in [-0.05, 0) is 54.4 Å². The molecule has 0 aromatic heterocycles. The molecule has 7 heteroatoms. The highest BCUT2D eigenvalue weighted by molar-refractivity contribution is 5.82. The van der Waals surface area contributed by atoms with Gasteiger partial charge < -0.3 is 20.5 Å². The van der Waals surface area contributed by atoms with Crippen molar-refractivity contribution in [3.63, 3.8) is 0 Å². The molecule has 1 fully saturated rings. The van der Waals surface area contributed by atoms with Gasteiger partial charge in [0.15, 0.2) is 0 Å². The van der Waals surface area contributed by atoms with Crippen LogP contribution in [0.15, 0.2) is 48.5 Å². The van der Waals surface area contributed by atoms with Crippen LogP contribution in [-0.2, 0) is 14.3 Å². The zero-order chi connectivity index (χ0) is 25.0. The van der Waals surface area contributed by atoms with Crippen LogP contribution in [0.25, 0.3) is 11.1 Å². The number of carboxylic acids is 1. The first kappa shape index (κ1) is 24.8. The molecule has 0 atom stereocenters. The summed E-state index contributed by atoms with van der Waals surface area (Å²) in [6.07, 6.45) is 2.50. The lowest BCUT2D eigenvalue weighted by Gasteiger charge is -2.31. The monoisotopic (exact) mass is 478 g/mol. The minimum absolute atomic E-state index is 0.00610. The second kappa shape index (κ2) is 10.5.